The van der Waals surface area contributed by atoms with E-state index < -0.39 is 33.4 Å². The lowest BCUT2D eigenvalue weighted by atomic mass is 9.94. The Morgan fingerprint density at radius 1 is 1.29 bits per heavy atom. The minimum atomic E-state index is -4.03. The molecule has 2 amide bonds. The van der Waals surface area contributed by atoms with Crippen LogP contribution in [0.3, 0.4) is 0 Å². The summed E-state index contributed by atoms with van der Waals surface area (Å²) in [6.45, 7) is 0.662. The van der Waals surface area contributed by atoms with E-state index in [1.165, 1.54) is 12.1 Å². The molecule has 1 aromatic carbocycles. The third-order valence-electron chi connectivity index (χ3n) is 5.34. The maximum absolute atomic E-state index is 13.2. The number of amides is 2. The zero-order chi connectivity index (χ0) is 24.7. The van der Waals surface area contributed by atoms with Crippen molar-refractivity contribution >= 4 is 49.9 Å². The van der Waals surface area contributed by atoms with Gasteiger partial charge >= 0.3 is 12.0 Å². The molecule has 13 heteroatoms. The van der Waals surface area contributed by atoms with Crippen molar-refractivity contribution in [2.75, 3.05) is 24.2 Å². The molecule has 3 rings (SSSR count). The minimum Gasteiger partial charge on any atom is -0.480 e. The van der Waals surface area contributed by atoms with E-state index in [-0.39, 0.29) is 40.2 Å². The largest absolute Gasteiger partial charge is 0.480 e. The number of hydrogen-bond acceptors (Lipinski definition) is 7. The van der Waals surface area contributed by atoms with Gasteiger partial charge < -0.3 is 14.7 Å². The van der Waals surface area contributed by atoms with E-state index in [0.717, 1.165) is 38.3 Å². The summed E-state index contributed by atoms with van der Waals surface area (Å²) in [6, 6.07) is 3.61. The van der Waals surface area contributed by atoms with Crippen molar-refractivity contribution in [1.29, 1.82) is 0 Å². The summed E-state index contributed by atoms with van der Waals surface area (Å²) in [6.07, 6.45) is 5.81. The van der Waals surface area contributed by atoms with Crippen LogP contribution >= 0.6 is 22.9 Å². The maximum Gasteiger partial charge on any atom is 0.323 e. The zero-order valence-corrected chi connectivity index (χ0v) is 20.6. The van der Waals surface area contributed by atoms with Gasteiger partial charge in [0.05, 0.1) is 19.4 Å². The molecule has 186 valence electrons. The fraction of sp³-hybridized carbons (Fsp3) is 0.476. The summed E-state index contributed by atoms with van der Waals surface area (Å²) >= 11 is 6.72. The lowest BCUT2D eigenvalue weighted by molar-refractivity contribution is -0.134. The number of ether oxygens (including phenoxy) is 1. The van der Waals surface area contributed by atoms with E-state index in [2.05, 4.69) is 10.3 Å². The van der Waals surface area contributed by atoms with E-state index in [1.807, 2.05) is 0 Å². The van der Waals surface area contributed by atoms with E-state index >= 15 is 0 Å². The number of aromatic nitrogens is 1. The molecule has 1 aliphatic carbocycles. The smallest absolute Gasteiger partial charge is 0.323 e. The second kappa shape index (κ2) is 11.9. The predicted molar refractivity (Wildman–Crippen MR) is 125 cm³/mol. The number of carboxylic acids is 1. The third-order valence-corrected chi connectivity index (χ3v) is 8.76. The highest BCUT2D eigenvalue weighted by molar-refractivity contribution is 7.94. The summed E-state index contributed by atoms with van der Waals surface area (Å²) in [5, 5.41) is 11.7. The molecule has 1 aliphatic rings. The molecule has 1 aromatic heterocycles. The number of nitrogens with one attached hydrogen (secondary N) is 1. The van der Waals surface area contributed by atoms with Crippen molar-refractivity contribution in [1.82, 2.24) is 9.88 Å². The molecule has 0 bridgehead atoms. The van der Waals surface area contributed by atoms with Gasteiger partial charge in [-0.15, -0.1) is 0 Å². The predicted octanol–water partition coefficient (Wildman–Crippen LogP) is 4.18. The Morgan fingerprint density at radius 2 is 2.03 bits per heavy atom. The Labute approximate surface area is 205 Å². The second-order valence-corrected chi connectivity index (χ2v) is 11.5. The van der Waals surface area contributed by atoms with Crippen molar-refractivity contribution < 1.29 is 32.2 Å². The summed E-state index contributed by atoms with van der Waals surface area (Å²) < 4.78 is 42.8. The van der Waals surface area contributed by atoms with Gasteiger partial charge in [0.25, 0.3) is 0 Å². The first-order valence-corrected chi connectivity index (χ1v) is 13.5. The highest BCUT2D eigenvalue weighted by Gasteiger charge is 2.27. The van der Waals surface area contributed by atoms with Crippen LogP contribution in [-0.4, -0.2) is 60.4 Å². The van der Waals surface area contributed by atoms with Gasteiger partial charge in [0, 0.05) is 17.6 Å². The first kappa shape index (κ1) is 26.3. The molecule has 1 fully saturated rings. The molecule has 1 heterocycles. The third kappa shape index (κ3) is 7.36. The highest BCUT2D eigenvalue weighted by Crippen LogP contribution is 2.26. The van der Waals surface area contributed by atoms with Crippen LogP contribution in [0.2, 0.25) is 5.02 Å². The van der Waals surface area contributed by atoms with Crippen molar-refractivity contribution in [3.63, 3.8) is 0 Å². The van der Waals surface area contributed by atoms with Gasteiger partial charge in [-0.3, -0.25) is 10.1 Å². The SMILES string of the molecule is O=C(O)CS(=O)(=O)c1cnc(NC(=O)N(CCOCc2ccc(F)cc2Cl)C2CCCCC2)s1. The normalized spacial score (nSPS) is 14.6. The molecular formula is C21H25ClFN3O6S2. The Morgan fingerprint density at radius 3 is 2.71 bits per heavy atom. The highest BCUT2D eigenvalue weighted by atomic mass is 35.5. The number of thiazole rings is 1. The van der Waals surface area contributed by atoms with E-state index in [9.17, 15) is 22.4 Å². The number of halogens is 2. The summed E-state index contributed by atoms with van der Waals surface area (Å²) in [4.78, 5) is 29.4. The van der Waals surface area contributed by atoms with Crippen molar-refractivity contribution in [3.8, 4) is 0 Å². The fourth-order valence-electron chi connectivity index (χ4n) is 3.68. The molecule has 0 aliphatic heterocycles. The van der Waals surface area contributed by atoms with Gasteiger partial charge in [-0.25, -0.2) is 22.6 Å². The lowest BCUT2D eigenvalue weighted by Gasteiger charge is -2.34. The van der Waals surface area contributed by atoms with Crippen LogP contribution in [0.5, 0.6) is 0 Å². The molecule has 9 nitrogen and oxygen atoms in total. The molecule has 2 N–H and O–H groups in total. The number of carbonyl (C=O) groups is 2. The number of aliphatic carboxylic acids is 1. The standard InChI is InChI=1S/C21H25ClFN3O6S2/c22-17-10-15(23)7-6-14(17)12-32-9-8-26(16-4-2-1-3-5-16)21(29)25-20-24-11-19(33-20)34(30,31)13-18(27)28/h6-7,10-11,16H,1-5,8-9,12-13H2,(H,27,28)(H,24,25,29). The zero-order valence-electron chi connectivity index (χ0n) is 18.2. The number of benzene rings is 1. The second-order valence-electron chi connectivity index (χ2n) is 7.84. The first-order chi connectivity index (χ1) is 16.2. The topological polar surface area (TPSA) is 126 Å². The monoisotopic (exact) mass is 533 g/mol. The average molecular weight is 534 g/mol. The molecule has 0 radical (unpaired) electrons. The van der Waals surface area contributed by atoms with Crippen molar-refractivity contribution in [3.05, 3.63) is 40.8 Å². The van der Waals surface area contributed by atoms with Crippen molar-refractivity contribution in [2.24, 2.45) is 0 Å². The minimum absolute atomic E-state index is 0.00179. The van der Waals surface area contributed by atoms with Crippen molar-refractivity contribution in [2.45, 2.75) is 49.0 Å². The lowest BCUT2D eigenvalue weighted by Crippen LogP contribution is -2.45. The van der Waals surface area contributed by atoms with Crippen LogP contribution in [0.1, 0.15) is 37.7 Å². The number of sulfone groups is 1. The molecule has 0 spiro atoms. The number of rotatable bonds is 10. The first-order valence-electron chi connectivity index (χ1n) is 10.7. The summed E-state index contributed by atoms with van der Waals surface area (Å²) in [5.74, 6) is -2.95. The molecule has 2 aromatic rings. The Bertz CT molecular complexity index is 1120. The Hall–Kier alpha value is -2.28. The fourth-order valence-corrected chi connectivity index (χ4v) is 6.05. The molecule has 0 unspecified atom stereocenters. The van der Waals surface area contributed by atoms with Crippen LogP contribution in [0.25, 0.3) is 0 Å². The molecule has 34 heavy (non-hydrogen) atoms. The quantitative estimate of drug-likeness (QED) is 0.439. The van der Waals surface area contributed by atoms with Gasteiger partial charge in [0.15, 0.2) is 20.7 Å². The Balaban J connectivity index is 1.62. The number of anilines is 1. The Kier molecular flexibility index (Phi) is 9.23. The van der Waals surface area contributed by atoms with Crippen LogP contribution in [0.4, 0.5) is 14.3 Å². The molecule has 0 saturated heterocycles. The van der Waals surface area contributed by atoms with Crippen LogP contribution in [0.15, 0.2) is 28.6 Å². The van der Waals surface area contributed by atoms with Gasteiger partial charge in [0.2, 0.25) is 0 Å². The summed E-state index contributed by atoms with van der Waals surface area (Å²) in [5.41, 5.74) is 0.634. The van der Waals surface area contributed by atoms with Crippen LogP contribution in [0, 0.1) is 5.82 Å². The molecular weight excluding hydrogens is 509 g/mol. The number of nitrogens with zero attached hydrogens (tertiary/aromatic N) is 2. The molecule has 1 saturated carbocycles. The number of urea groups is 1. The van der Waals surface area contributed by atoms with Crippen LogP contribution in [-0.2, 0) is 26.0 Å². The molecule has 0 atom stereocenters. The summed E-state index contributed by atoms with van der Waals surface area (Å²) in [7, 11) is -4.03. The number of carboxylic acid groups (broad SMARTS) is 1. The van der Waals surface area contributed by atoms with E-state index in [1.54, 1.807) is 11.0 Å². The van der Waals surface area contributed by atoms with Gasteiger partial charge in [-0.05, 0) is 30.5 Å². The van der Waals surface area contributed by atoms with E-state index in [4.69, 9.17) is 21.4 Å². The van der Waals surface area contributed by atoms with Gasteiger partial charge in [-0.1, -0.05) is 48.3 Å². The van der Waals surface area contributed by atoms with Gasteiger partial charge in [0.1, 0.15) is 10.0 Å². The van der Waals surface area contributed by atoms with E-state index in [0.29, 0.717) is 16.9 Å². The van der Waals surface area contributed by atoms with Gasteiger partial charge in [-0.2, -0.15) is 0 Å². The number of hydrogen-bond donors (Lipinski definition) is 2. The number of carbonyl (C=O) groups excluding carboxylic acids is 1. The average Bonchev–Trinajstić information content (AvgIpc) is 3.24. The maximum atomic E-state index is 13.2. The van der Waals surface area contributed by atoms with Crippen LogP contribution < -0.4 is 5.32 Å².